The lowest BCUT2D eigenvalue weighted by Crippen LogP contribution is -2.39. The summed E-state index contributed by atoms with van der Waals surface area (Å²) in [6, 6.07) is 16.4. The SMILES string of the molecule is Cc1cc(N2CCC(C(=O)Nc3ccc(C)c(F)c3)CC2)n2nc(-c3ccc(Cl)cc3)cc2n1. The van der Waals surface area contributed by atoms with E-state index in [1.807, 2.05) is 47.8 Å². The maximum absolute atomic E-state index is 13.8. The van der Waals surface area contributed by atoms with Gasteiger partial charge in [0.05, 0.1) is 5.69 Å². The lowest BCUT2D eigenvalue weighted by atomic mass is 9.95. The van der Waals surface area contributed by atoms with E-state index >= 15 is 0 Å². The number of aryl methyl sites for hydroxylation is 2. The number of hydrogen-bond acceptors (Lipinski definition) is 4. The number of nitrogens with zero attached hydrogens (tertiary/aromatic N) is 4. The summed E-state index contributed by atoms with van der Waals surface area (Å²) in [6.07, 6.45) is 1.41. The maximum Gasteiger partial charge on any atom is 0.227 e. The lowest BCUT2D eigenvalue weighted by molar-refractivity contribution is -0.120. The molecule has 0 radical (unpaired) electrons. The maximum atomic E-state index is 13.8. The van der Waals surface area contributed by atoms with Gasteiger partial charge in [-0.25, -0.2) is 9.37 Å². The zero-order valence-corrected chi connectivity index (χ0v) is 19.8. The third-order valence-electron chi connectivity index (χ3n) is 6.31. The standard InChI is InChI=1S/C26H25ClFN5O/c1-16-3-8-21(14-22(16)28)30-26(34)19-9-11-32(12-10-19)25-13-17(2)29-24-15-23(31-33(24)25)18-4-6-20(27)7-5-18/h3-8,13-15,19H,9-12H2,1-2H3,(H,30,34). The number of fused-ring (bicyclic) bond motifs is 1. The fourth-order valence-corrected chi connectivity index (χ4v) is 4.48. The highest BCUT2D eigenvalue weighted by atomic mass is 35.5. The zero-order chi connectivity index (χ0) is 23.8. The van der Waals surface area contributed by atoms with Crippen LogP contribution in [-0.2, 0) is 4.79 Å². The number of carbonyl (C=O) groups excluding carboxylic acids is 1. The summed E-state index contributed by atoms with van der Waals surface area (Å²) in [5.41, 5.74) is 4.54. The Kier molecular flexibility index (Phi) is 5.96. The Labute approximate surface area is 202 Å². The number of rotatable bonds is 4. The normalized spacial score (nSPS) is 14.5. The molecular formula is C26H25ClFN5O. The molecule has 0 saturated carbocycles. The van der Waals surface area contributed by atoms with Crippen molar-refractivity contribution in [1.82, 2.24) is 14.6 Å². The second-order valence-electron chi connectivity index (χ2n) is 8.78. The molecule has 8 heteroatoms. The molecule has 0 atom stereocenters. The minimum Gasteiger partial charge on any atom is -0.356 e. The van der Waals surface area contributed by atoms with Crippen LogP contribution in [0.5, 0.6) is 0 Å². The number of piperidine rings is 1. The van der Waals surface area contributed by atoms with E-state index < -0.39 is 0 Å². The molecule has 34 heavy (non-hydrogen) atoms. The highest BCUT2D eigenvalue weighted by Gasteiger charge is 2.27. The summed E-state index contributed by atoms with van der Waals surface area (Å²) in [4.78, 5) is 19.7. The second kappa shape index (κ2) is 9.06. The number of benzene rings is 2. The van der Waals surface area contributed by atoms with E-state index in [1.54, 1.807) is 19.1 Å². The van der Waals surface area contributed by atoms with Crippen molar-refractivity contribution >= 4 is 34.7 Å². The van der Waals surface area contributed by atoms with Crippen molar-refractivity contribution in [3.05, 3.63) is 76.7 Å². The monoisotopic (exact) mass is 477 g/mol. The van der Waals surface area contributed by atoms with E-state index in [0.29, 0.717) is 29.1 Å². The molecule has 2 aromatic carbocycles. The highest BCUT2D eigenvalue weighted by Crippen LogP contribution is 2.28. The van der Waals surface area contributed by atoms with Gasteiger partial charge in [0, 0.05) is 53.1 Å². The van der Waals surface area contributed by atoms with Crippen molar-refractivity contribution in [2.24, 2.45) is 5.92 Å². The average Bonchev–Trinajstić information content (AvgIpc) is 3.25. The van der Waals surface area contributed by atoms with Crippen LogP contribution in [0.25, 0.3) is 16.9 Å². The van der Waals surface area contributed by atoms with Crippen LogP contribution in [-0.4, -0.2) is 33.6 Å². The molecule has 1 saturated heterocycles. The van der Waals surface area contributed by atoms with Gasteiger partial charge in [-0.1, -0.05) is 29.8 Å². The Morgan fingerprint density at radius 1 is 1.06 bits per heavy atom. The molecule has 1 aliphatic rings. The Bertz CT molecular complexity index is 1360. The van der Waals surface area contributed by atoms with Gasteiger partial charge in [-0.05, 0) is 56.5 Å². The smallest absolute Gasteiger partial charge is 0.227 e. The Balaban J connectivity index is 1.32. The first-order valence-electron chi connectivity index (χ1n) is 11.3. The number of amides is 1. The van der Waals surface area contributed by atoms with Crippen LogP contribution in [0.4, 0.5) is 15.9 Å². The molecule has 6 nitrogen and oxygen atoms in total. The fourth-order valence-electron chi connectivity index (χ4n) is 4.35. The molecular weight excluding hydrogens is 453 g/mol. The van der Waals surface area contributed by atoms with E-state index in [0.717, 1.165) is 41.5 Å². The number of anilines is 2. The Morgan fingerprint density at radius 3 is 2.50 bits per heavy atom. The summed E-state index contributed by atoms with van der Waals surface area (Å²) in [7, 11) is 0. The quantitative estimate of drug-likeness (QED) is 0.412. The fraction of sp³-hybridized carbons (Fsp3) is 0.269. The zero-order valence-electron chi connectivity index (χ0n) is 19.1. The van der Waals surface area contributed by atoms with Crippen molar-refractivity contribution < 1.29 is 9.18 Å². The molecule has 1 aliphatic heterocycles. The van der Waals surface area contributed by atoms with Gasteiger partial charge >= 0.3 is 0 Å². The minimum atomic E-state index is -0.318. The summed E-state index contributed by atoms with van der Waals surface area (Å²) in [5.74, 6) is 0.452. The van der Waals surface area contributed by atoms with Crippen LogP contribution in [0.2, 0.25) is 5.02 Å². The van der Waals surface area contributed by atoms with Gasteiger partial charge in [0.25, 0.3) is 0 Å². The van der Waals surface area contributed by atoms with Gasteiger partial charge in [-0.3, -0.25) is 4.79 Å². The minimum absolute atomic E-state index is 0.0666. The van der Waals surface area contributed by atoms with E-state index in [2.05, 4.69) is 15.2 Å². The Hall–Kier alpha value is -3.45. The van der Waals surface area contributed by atoms with Gasteiger partial charge in [-0.2, -0.15) is 9.61 Å². The lowest BCUT2D eigenvalue weighted by Gasteiger charge is -2.33. The summed E-state index contributed by atoms with van der Waals surface area (Å²) < 4.78 is 15.7. The van der Waals surface area contributed by atoms with Crippen LogP contribution < -0.4 is 10.2 Å². The highest BCUT2D eigenvalue weighted by molar-refractivity contribution is 6.30. The molecule has 4 aromatic rings. The number of nitrogens with one attached hydrogen (secondary N) is 1. The summed E-state index contributed by atoms with van der Waals surface area (Å²) >= 11 is 6.03. The molecule has 0 bridgehead atoms. The van der Waals surface area contributed by atoms with Crippen molar-refractivity contribution in [2.45, 2.75) is 26.7 Å². The van der Waals surface area contributed by atoms with Crippen LogP contribution >= 0.6 is 11.6 Å². The predicted molar refractivity (Wildman–Crippen MR) is 133 cm³/mol. The number of aromatic nitrogens is 3. The molecule has 1 N–H and O–H groups in total. The van der Waals surface area contributed by atoms with Crippen LogP contribution in [0.15, 0.2) is 54.6 Å². The van der Waals surface area contributed by atoms with E-state index in [4.69, 9.17) is 16.7 Å². The predicted octanol–water partition coefficient (Wildman–Crippen LogP) is 5.66. The molecule has 1 amide bonds. The molecule has 0 aliphatic carbocycles. The molecule has 2 aromatic heterocycles. The molecule has 1 fully saturated rings. The number of halogens is 2. The van der Waals surface area contributed by atoms with Crippen molar-refractivity contribution in [1.29, 1.82) is 0 Å². The van der Waals surface area contributed by atoms with E-state index in [-0.39, 0.29) is 17.6 Å². The molecule has 0 unspecified atom stereocenters. The van der Waals surface area contributed by atoms with Gasteiger partial charge in [0.15, 0.2) is 5.65 Å². The third-order valence-corrected chi connectivity index (χ3v) is 6.56. The van der Waals surface area contributed by atoms with Crippen molar-refractivity contribution in [3.63, 3.8) is 0 Å². The largest absolute Gasteiger partial charge is 0.356 e. The summed E-state index contributed by atoms with van der Waals surface area (Å²) in [5, 5.41) is 8.35. The topological polar surface area (TPSA) is 62.5 Å². The van der Waals surface area contributed by atoms with Crippen LogP contribution in [0, 0.1) is 25.6 Å². The Morgan fingerprint density at radius 2 is 1.79 bits per heavy atom. The van der Waals surface area contributed by atoms with Gasteiger partial charge in [-0.15, -0.1) is 0 Å². The first-order chi connectivity index (χ1) is 16.4. The van der Waals surface area contributed by atoms with Gasteiger partial charge in [0.1, 0.15) is 11.6 Å². The third kappa shape index (κ3) is 4.48. The van der Waals surface area contributed by atoms with Crippen molar-refractivity contribution in [3.8, 4) is 11.3 Å². The number of carbonyl (C=O) groups is 1. The van der Waals surface area contributed by atoms with E-state index in [1.165, 1.54) is 6.07 Å². The van der Waals surface area contributed by atoms with Crippen molar-refractivity contribution in [2.75, 3.05) is 23.3 Å². The van der Waals surface area contributed by atoms with E-state index in [9.17, 15) is 9.18 Å². The molecule has 174 valence electrons. The molecule has 3 heterocycles. The number of hydrogen-bond donors (Lipinski definition) is 1. The molecule has 5 rings (SSSR count). The first kappa shape index (κ1) is 22.3. The first-order valence-corrected chi connectivity index (χ1v) is 11.7. The van der Waals surface area contributed by atoms with Gasteiger partial charge in [0.2, 0.25) is 5.91 Å². The van der Waals surface area contributed by atoms with Crippen LogP contribution in [0.3, 0.4) is 0 Å². The van der Waals surface area contributed by atoms with Crippen LogP contribution in [0.1, 0.15) is 24.1 Å². The second-order valence-corrected chi connectivity index (χ2v) is 9.21. The average molecular weight is 478 g/mol. The van der Waals surface area contributed by atoms with Gasteiger partial charge < -0.3 is 10.2 Å². The summed E-state index contributed by atoms with van der Waals surface area (Å²) in [6.45, 7) is 5.11. The molecule has 0 spiro atoms.